The third-order valence-corrected chi connectivity index (χ3v) is 6.22. The lowest BCUT2D eigenvalue weighted by atomic mass is 9.93. The fourth-order valence-corrected chi connectivity index (χ4v) is 4.57. The Morgan fingerprint density at radius 3 is 2.49 bits per heavy atom. The Morgan fingerprint density at radius 2 is 1.89 bits per heavy atom. The highest BCUT2D eigenvalue weighted by atomic mass is 16.2. The van der Waals surface area contributed by atoms with Crippen molar-refractivity contribution >= 4 is 23.1 Å². The molecule has 188 valence electrons. The third kappa shape index (κ3) is 7.41. The minimum atomic E-state index is -0.425. The molecule has 0 N–H and O–H groups in total. The van der Waals surface area contributed by atoms with E-state index in [2.05, 4.69) is 65.5 Å². The summed E-state index contributed by atoms with van der Waals surface area (Å²) in [6.45, 7) is 10.1. The number of hydrogen-bond donors (Lipinski definition) is 0. The van der Waals surface area contributed by atoms with Crippen molar-refractivity contribution in [1.29, 1.82) is 0 Å². The van der Waals surface area contributed by atoms with Crippen LogP contribution in [0.1, 0.15) is 70.1 Å². The van der Waals surface area contributed by atoms with E-state index in [1.165, 1.54) is 0 Å². The van der Waals surface area contributed by atoms with Gasteiger partial charge in [0.2, 0.25) is 5.91 Å². The van der Waals surface area contributed by atoms with E-state index in [-0.39, 0.29) is 17.6 Å². The van der Waals surface area contributed by atoms with Gasteiger partial charge in [-0.2, -0.15) is 5.11 Å². The zero-order valence-corrected chi connectivity index (χ0v) is 22.3. The predicted octanol–water partition coefficient (Wildman–Crippen LogP) is 6.36. The van der Waals surface area contributed by atoms with Crippen molar-refractivity contribution in [2.75, 3.05) is 20.6 Å². The van der Waals surface area contributed by atoms with Gasteiger partial charge in [-0.15, -0.1) is 5.11 Å². The van der Waals surface area contributed by atoms with E-state index in [4.69, 9.17) is 0 Å². The Balaban J connectivity index is 2.46. The van der Waals surface area contributed by atoms with Crippen LogP contribution in [-0.4, -0.2) is 49.1 Å². The van der Waals surface area contributed by atoms with Gasteiger partial charge in [0, 0.05) is 32.6 Å². The van der Waals surface area contributed by atoms with Gasteiger partial charge in [0.25, 0.3) is 0 Å². The van der Waals surface area contributed by atoms with Crippen molar-refractivity contribution in [1.82, 2.24) is 4.90 Å². The first-order valence-corrected chi connectivity index (χ1v) is 12.5. The SMILES string of the molecule is CCCCC(=O)N(CC1=CC=C(c2cccc(C)c2C(N=NC)=NC)CC=C1)C(C(C)=O)C(C)C. The van der Waals surface area contributed by atoms with E-state index < -0.39 is 6.04 Å². The monoisotopic (exact) mass is 476 g/mol. The van der Waals surface area contributed by atoms with Gasteiger partial charge in [0.15, 0.2) is 11.6 Å². The number of rotatable bonds is 10. The van der Waals surface area contributed by atoms with Crippen LogP contribution in [0.4, 0.5) is 0 Å². The maximum Gasteiger partial charge on any atom is 0.223 e. The summed E-state index contributed by atoms with van der Waals surface area (Å²) in [6, 6.07) is 5.75. The summed E-state index contributed by atoms with van der Waals surface area (Å²) >= 11 is 0. The van der Waals surface area contributed by atoms with Crippen molar-refractivity contribution in [3.05, 3.63) is 64.8 Å². The largest absolute Gasteiger partial charge is 0.328 e. The minimum Gasteiger partial charge on any atom is -0.328 e. The smallest absolute Gasteiger partial charge is 0.223 e. The van der Waals surface area contributed by atoms with Crippen molar-refractivity contribution < 1.29 is 9.59 Å². The number of aryl methyl sites for hydroxylation is 1. The molecule has 0 bridgehead atoms. The molecule has 1 aliphatic carbocycles. The normalized spacial score (nSPS) is 15.1. The van der Waals surface area contributed by atoms with Crippen LogP contribution in [0.3, 0.4) is 0 Å². The maximum atomic E-state index is 13.1. The summed E-state index contributed by atoms with van der Waals surface area (Å²) in [5, 5.41) is 8.18. The molecule has 0 saturated heterocycles. The fourth-order valence-electron chi connectivity index (χ4n) is 4.57. The predicted molar refractivity (Wildman–Crippen MR) is 145 cm³/mol. The molecule has 1 unspecified atom stereocenters. The van der Waals surface area contributed by atoms with Crippen molar-refractivity contribution in [3.8, 4) is 0 Å². The number of amides is 1. The lowest BCUT2D eigenvalue weighted by molar-refractivity contribution is -0.140. The van der Waals surface area contributed by atoms with E-state index in [0.717, 1.165) is 47.1 Å². The molecule has 1 amide bonds. The molecule has 0 spiro atoms. The van der Waals surface area contributed by atoms with E-state index in [1.807, 2.05) is 19.9 Å². The summed E-state index contributed by atoms with van der Waals surface area (Å²) in [5.74, 6) is 0.722. The van der Waals surface area contributed by atoms with Crippen molar-refractivity contribution in [2.24, 2.45) is 21.1 Å². The topological polar surface area (TPSA) is 74.5 Å². The summed E-state index contributed by atoms with van der Waals surface area (Å²) < 4.78 is 0. The molecule has 6 heteroatoms. The van der Waals surface area contributed by atoms with Gasteiger partial charge in [-0.05, 0) is 54.9 Å². The third-order valence-electron chi connectivity index (χ3n) is 6.22. The van der Waals surface area contributed by atoms with Gasteiger partial charge >= 0.3 is 0 Å². The van der Waals surface area contributed by atoms with Crippen LogP contribution < -0.4 is 0 Å². The number of Topliss-reactive ketones (excluding diaryl/α,β-unsaturated/α-hetero) is 1. The molecular weight excluding hydrogens is 436 g/mol. The van der Waals surface area contributed by atoms with Gasteiger partial charge in [-0.1, -0.05) is 69.7 Å². The molecule has 1 aromatic rings. The highest BCUT2D eigenvalue weighted by molar-refractivity contribution is 6.04. The molecular formula is C29H40N4O2. The van der Waals surface area contributed by atoms with E-state index >= 15 is 0 Å². The van der Waals surface area contributed by atoms with Crippen molar-refractivity contribution in [3.63, 3.8) is 0 Å². The first kappa shape index (κ1) is 28.1. The number of allylic oxidation sites excluding steroid dienone is 4. The number of unbranched alkanes of at least 4 members (excludes halogenated alkanes) is 1. The van der Waals surface area contributed by atoms with Gasteiger partial charge in [-0.3, -0.25) is 14.6 Å². The molecule has 0 radical (unpaired) electrons. The zero-order chi connectivity index (χ0) is 26.0. The van der Waals surface area contributed by atoms with Crippen LogP contribution in [0.25, 0.3) is 5.57 Å². The highest BCUT2D eigenvalue weighted by Gasteiger charge is 2.30. The molecule has 1 aromatic carbocycles. The average Bonchev–Trinajstić information content (AvgIpc) is 3.05. The van der Waals surface area contributed by atoms with Crippen LogP contribution in [0, 0.1) is 12.8 Å². The quantitative estimate of drug-likeness (QED) is 0.224. The number of hydrogen-bond acceptors (Lipinski definition) is 4. The number of carbonyl (C=O) groups is 2. The number of amidine groups is 1. The molecule has 1 aliphatic rings. The van der Waals surface area contributed by atoms with Crippen LogP contribution in [-0.2, 0) is 9.59 Å². The lowest BCUT2D eigenvalue weighted by Crippen LogP contribution is -2.48. The number of ketones is 1. The Kier molecular flexibility index (Phi) is 11.0. The molecule has 0 fully saturated rings. The number of aliphatic imine (C=N–C) groups is 1. The molecule has 35 heavy (non-hydrogen) atoms. The summed E-state index contributed by atoms with van der Waals surface area (Å²) in [6.07, 6.45) is 11.3. The van der Waals surface area contributed by atoms with Crippen LogP contribution in [0.15, 0.2) is 63.3 Å². The first-order chi connectivity index (χ1) is 16.7. The van der Waals surface area contributed by atoms with Gasteiger partial charge < -0.3 is 4.90 Å². The Hall–Kier alpha value is -3.15. The summed E-state index contributed by atoms with van der Waals surface area (Å²) in [4.78, 5) is 31.8. The molecule has 6 nitrogen and oxygen atoms in total. The van der Waals surface area contributed by atoms with Gasteiger partial charge in [-0.25, -0.2) is 0 Å². The van der Waals surface area contributed by atoms with Gasteiger partial charge in [0.1, 0.15) is 0 Å². The first-order valence-electron chi connectivity index (χ1n) is 12.5. The Morgan fingerprint density at radius 1 is 1.14 bits per heavy atom. The van der Waals surface area contributed by atoms with Crippen molar-refractivity contribution in [2.45, 2.75) is 66.3 Å². The average molecular weight is 477 g/mol. The Labute approximate surface area is 210 Å². The van der Waals surface area contributed by atoms with Crippen LogP contribution in [0.5, 0.6) is 0 Å². The number of benzene rings is 1. The minimum absolute atomic E-state index is 0.0279. The second-order valence-electron chi connectivity index (χ2n) is 9.31. The second kappa shape index (κ2) is 13.7. The van der Waals surface area contributed by atoms with Crippen LogP contribution in [0.2, 0.25) is 0 Å². The standard InChI is InChI=1S/C29H40N4O2/c1-8-9-16-26(35)33(28(20(2)3)22(5)34)19-23-13-11-14-24(18-17-23)25-15-10-12-21(4)27(25)29(30-6)32-31-7/h10-13,15,17-18,20,28H,8-9,14,16,19H2,1-7H3. The molecule has 0 saturated carbocycles. The lowest BCUT2D eigenvalue weighted by Gasteiger charge is -2.33. The zero-order valence-electron chi connectivity index (χ0n) is 22.3. The maximum absolute atomic E-state index is 13.1. The van der Waals surface area contributed by atoms with E-state index in [1.54, 1.807) is 25.9 Å². The molecule has 2 rings (SSSR count). The number of nitrogens with zero attached hydrogens (tertiary/aromatic N) is 4. The molecule has 0 aromatic heterocycles. The van der Waals surface area contributed by atoms with E-state index in [9.17, 15) is 9.59 Å². The number of azo groups is 1. The summed E-state index contributed by atoms with van der Waals surface area (Å²) in [5.41, 5.74) is 5.27. The highest BCUT2D eigenvalue weighted by Crippen LogP contribution is 2.29. The Bertz CT molecular complexity index is 1060. The molecule has 0 heterocycles. The second-order valence-corrected chi connectivity index (χ2v) is 9.31. The van der Waals surface area contributed by atoms with Crippen LogP contribution >= 0.6 is 0 Å². The molecule has 1 atom stereocenters. The molecule has 0 aliphatic heterocycles. The van der Waals surface area contributed by atoms with Gasteiger partial charge in [0.05, 0.1) is 6.04 Å². The number of carbonyl (C=O) groups excluding carboxylic acids is 2. The fraction of sp³-hybridized carbons (Fsp3) is 0.483. The summed E-state index contributed by atoms with van der Waals surface area (Å²) in [7, 11) is 3.37. The van der Waals surface area contributed by atoms with E-state index in [0.29, 0.717) is 18.8 Å².